The van der Waals surface area contributed by atoms with Crippen LogP contribution in [0.4, 0.5) is 0 Å². The number of rotatable bonds is 15. The summed E-state index contributed by atoms with van der Waals surface area (Å²) in [6, 6.07) is 20.2. The molecule has 220 valence electrons. The summed E-state index contributed by atoms with van der Waals surface area (Å²) in [6.45, 7) is 13.5. The van der Waals surface area contributed by atoms with Crippen molar-refractivity contribution < 1.29 is 52.5 Å². The van der Waals surface area contributed by atoms with Crippen LogP contribution in [-0.2, 0) is 11.3 Å². The number of carbonyl (C=O) groups excluding carboxylic acids is 1. The van der Waals surface area contributed by atoms with Gasteiger partial charge in [-0.05, 0) is 31.4 Å². The SMILES string of the molecule is Br.CCCC[N+](CCCC)(CCCC)Cc1ccccc1.C[N+](C)(C)CCOC(=O)c1ccccc1.[Br-].[Br-]. The number of nitrogens with zero attached hydrogens (tertiary/aromatic N) is 2. The highest BCUT2D eigenvalue weighted by Crippen LogP contribution is 2.19. The van der Waals surface area contributed by atoms with E-state index in [0.29, 0.717) is 12.2 Å². The number of likely N-dealkylation sites (N-methyl/N-ethyl adjacent to an activating group) is 1. The first-order valence-electron chi connectivity index (χ1n) is 13.7. The van der Waals surface area contributed by atoms with Crippen LogP contribution < -0.4 is 34.0 Å². The number of hydrogen-bond donors (Lipinski definition) is 0. The molecule has 38 heavy (non-hydrogen) atoms. The zero-order valence-corrected chi connectivity index (χ0v) is 29.5. The van der Waals surface area contributed by atoms with Gasteiger partial charge in [-0.15, -0.1) is 17.0 Å². The van der Waals surface area contributed by atoms with Gasteiger partial charge in [0.2, 0.25) is 0 Å². The molecule has 0 aromatic heterocycles. The van der Waals surface area contributed by atoms with Crippen molar-refractivity contribution in [1.29, 1.82) is 0 Å². The smallest absolute Gasteiger partial charge is 0.338 e. The Kier molecular flexibility index (Phi) is 26.5. The fourth-order valence-electron chi connectivity index (χ4n) is 4.09. The minimum atomic E-state index is -0.246. The van der Waals surface area contributed by atoms with Crippen LogP contribution in [0.1, 0.15) is 75.2 Å². The Balaban J connectivity index is -0.000000617. The minimum Gasteiger partial charge on any atom is -1.00 e. The molecular weight excluding hydrogens is 672 g/mol. The lowest BCUT2D eigenvalue weighted by atomic mass is 10.1. The molecule has 0 spiro atoms. The monoisotopic (exact) mass is 722 g/mol. The van der Waals surface area contributed by atoms with Crippen molar-refractivity contribution in [2.24, 2.45) is 0 Å². The molecule has 0 aliphatic heterocycles. The molecule has 0 bridgehead atoms. The number of unbranched alkanes of at least 4 members (excludes halogenated alkanes) is 3. The molecule has 2 rings (SSSR count). The first kappa shape index (κ1) is 41.7. The Bertz CT molecular complexity index is 778. The molecule has 7 heteroatoms. The molecule has 0 saturated heterocycles. The largest absolute Gasteiger partial charge is 1.00 e. The van der Waals surface area contributed by atoms with Gasteiger partial charge in [0, 0.05) is 5.56 Å². The van der Waals surface area contributed by atoms with Crippen LogP contribution in [0.3, 0.4) is 0 Å². The quantitative estimate of drug-likeness (QED) is 0.206. The first-order chi connectivity index (χ1) is 16.7. The van der Waals surface area contributed by atoms with Gasteiger partial charge >= 0.3 is 5.97 Å². The lowest BCUT2D eigenvalue weighted by Crippen LogP contribution is -3.00. The maximum atomic E-state index is 11.5. The molecule has 0 amide bonds. The van der Waals surface area contributed by atoms with Gasteiger partial charge < -0.3 is 47.7 Å². The van der Waals surface area contributed by atoms with Gasteiger partial charge in [0.1, 0.15) is 19.7 Å². The van der Waals surface area contributed by atoms with E-state index in [1.807, 2.05) is 18.2 Å². The van der Waals surface area contributed by atoms with Gasteiger partial charge in [-0.2, -0.15) is 0 Å². The Morgan fingerprint density at radius 2 is 1.11 bits per heavy atom. The van der Waals surface area contributed by atoms with Crippen LogP contribution in [0.5, 0.6) is 0 Å². The number of ether oxygens (including phenoxy) is 1. The molecule has 0 fully saturated rings. The van der Waals surface area contributed by atoms with E-state index in [4.69, 9.17) is 4.74 Å². The molecule has 0 saturated carbocycles. The number of hydrogen-bond acceptors (Lipinski definition) is 2. The second-order valence-corrected chi connectivity index (χ2v) is 10.7. The summed E-state index contributed by atoms with van der Waals surface area (Å²) in [5.74, 6) is -0.246. The molecular formula is C31H53Br3N2O2. The molecule has 0 aliphatic rings. The second-order valence-electron chi connectivity index (χ2n) is 10.7. The van der Waals surface area contributed by atoms with Gasteiger partial charge in [0.05, 0.1) is 46.3 Å². The molecule has 0 N–H and O–H groups in total. The molecule has 2 aromatic rings. The summed E-state index contributed by atoms with van der Waals surface area (Å²) in [5.41, 5.74) is 2.12. The maximum absolute atomic E-state index is 11.5. The molecule has 2 aromatic carbocycles. The van der Waals surface area contributed by atoms with E-state index in [0.717, 1.165) is 11.0 Å². The minimum absolute atomic E-state index is 0. The maximum Gasteiger partial charge on any atom is 0.338 e. The lowest BCUT2D eigenvalue weighted by Gasteiger charge is -2.39. The molecule has 4 nitrogen and oxygen atoms in total. The Morgan fingerprint density at radius 1 is 0.684 bits per heavy atom. The van der Waals surface area contributed by atoms with Crippen LogP contribution in [0.25, 0.3) is 0 Å². The summed E-state index contributed by atoms with van der Waals surface area (Å²) >= 11 is 0. The van der Waals surface area contributed by atoms with Crippen molar-refractivity contribution in [3.8, 4) is 0 Å². The average Bonchev–Trinajstić information content (AvgIpc) is 2.85. The van der Waals surface area contributed by atoms with Gasteiger partial charge in [-0.25, -0.2) is 4.79 Å². The Morgan fingerprint density at radius 3 is 1.50 bits per heavy atom. The highest BCUT2D eigenvalue weighted by molar-refractivity contribution is 8.93. The van der Waals surface area contributed by atoms with Crippen LogP contribution in [0, 0.1) is 0 Å². The molecule has 0 aliphatic carbocycles. The van der Waals surface area contributed by atoms with Gasteiger partial charge in [0.15, 0.2) is 0 Å². The van der Waals surface area contributed by atoms with E-state index in [2.05, 4.69) is 72.2 Å². The van der Waals surface area contributed by atoms with E-state index in [1.165, 1.54) is 74.8 Å². The molecule has 0 radical (unpaired) electrons. The fourth-order valence-corrected chi connectivity index (χ4v) is 4.09. The van der Waals surface area contributed by atoms with E-state index >= 15 is 0 Å². The van der Waals surface area contributed by atoms with Crippen molar-refractivity contribution >= 4 is 23.0 Å². The summed E-state index contributed by atoms with van der Waals surface area (Å²) in [6.07, 6.45) is 8.02. The Labute approximate surface area is 265 Å². The number of carbonyl (C=O) groups is 1. The number of halogens is 3. The van der Waals surface area contributed by atoms with E-state index < -0.39 is 0 Å². The van der Waals surface area contributed by atoms with Gasteiger partial charge in [-0.3, -0.25) is 0 Å². The second kappa shape index (κ2) is 24.1. The van der Waals surface area contributed by atoms with Crippen molar-refractivity contribution in [3.63, 3.8) is 0 Å². The normalized spacial score (nSPS) is 10.6. The first-order valence-corrected chi connectivity index (χ1v) is 13.7. The van der Waals surface area contributed by atoms with Crippen molar-refractivity contribution in [2.75, 3.05) is 53.9 Å². The summed E-state index contributed by atoms with van der Waals surface area (Å²) in [4.78, 5) is 11.5. The number of esters is 1. The van der Waals surface area contributed by atoms with Crippen molar-refractivity contribution in [1.82, 2.24) is 0 Å². The standard InChI is InChI=1S/C19H34N.C12H18NO2.3BrH/c1-4-7-15-20(16-8-5-2,17-9-6-3)18-19-13-11-10-12-14-19;1-13(2,3)9-10-15-12(14)11-7-5-4-6-8-11;;;/h10-14H,4-9,15-18H2,1-3H3;4-8H,9-10H2,1-3H3;3*1H/q2*+1;;;/p-2. The van der Waals surface area contributed by atoms with Crippen LogP contribution in [0.15, 0.2) is 60.7 Å². The van der Waals surface area contributed by atoms with E-state index in [-0.39, 0.29) is 56.9 Å². The molecule has 0 atom stereocenters. The Hall–Kier alpha value is -0.730. The van der Waals surface area contributed by atoms with E-state index in [1.54, 1.807) is 12.1 Å². The zero-order chi connectivity index (χ0) is 26.0. The third-order valence-electron chi connectivity index (χ3n) is 6.32. The summed E-state index contributed by atoms with van der Waals surface area (Å²) < 4.78 is 7.25. The van der Waals surface area contributed by atoms with Crippen molar-refractivity contribution in [3.05, 3.63) is 71.8 Å². The third-order valence-corrected chi connectivity index (χ3v) is 6.32. The predicted octanol–water partition coefficient (Wildman–Crippen LogP) is 1.54. The average molecular weight is 725 g/mol. The number of benzene rings is 2. The highest BCUT2D eigenvalue weighted by Gasteiger charge is 2.26. The van der Waals surface area contributed by atoms with Crippen LogP contribution >= 0.6 is 17.0 Å². The third kappa shape index (κ3) is 19.3. The van der Waals surface area contributed by atoms with Crippen LogP contribution in [-0.4, -0.2) is 68.9 Å². The van der Waals surface area contributed by atoms with Crippen molar-refractivity contribution in [2.45, 2.75) is 65.8 Å². The van der Waals surface area contributed by atoms with Gasteiger partial charge in [-0.1, -0.05) is 88.6 Å². The highest BCUT2D eigenvalue weighted by atomic mass is 79.9. The molecule has 0 unspecified atom stereocenters. The lowest BCUT2D eigenvalue weighted by molar-refractivity contribution is -0.941. The predicted molar refractivity (Wildman–Crippen MR) is 160 cm³/mol. The summed E-state index contributed by atoms with van der Waals surface area (Å²) in [7, 11) is 6.20. The van der Waals surface area contributed by atoms with Gasteiger partial charge in [0.25, 0.3) is 0 Å². The fraction of sp³-hybridized carbons (Fsp3) is 0.581. The zero-order valence-electron chi connectivity index (χ0n) is 24.6. The van der Waals surface area contributed by atoms with Crippen LogP contribution in [0.2, 0.25) is 0 Å². The molecule has 0 heterocycles. The number of quaternary nitrogens is 2. The topological polar surface area (TPSA) is 26.3 Å². The summed E-state index contributed by atoms with van der Waals surface area (Å²) in [5, 5.41) is 0. The van der Waals surface area contributed by atoms with E-state index in [9.17, 15) is 4.79 Å².